The number of nitrogens with zero attached hydrogens (tertiary/aromatic N) is 4. The van der Waals surface area contributed by atoms with Crippen molar-refractivity contribution >= 4 is 28.9 Å². The minimum atomic E-state index is -1.77. The molecular formula is C20H17Cl2N5. The van der Waals surface area contributed by atoms with Crippen LogP contribution < -0.4 is 0 Å². The molecule has 0 saturated heterocycles. The highest BCUT2D eigenvalue weighted by Gasteiger charge is 2.58. The number of hydrogen-bond donors (Lipinski definition) is 1. The summed E-state index contributed by atoms with van der Waals surface area (Å²) in [4.78, 5) is 2.18. The molecule has 1 aromatic rings. The van der Waals surface area contributed by atoms with Crippen molar-refractivity contribution in [1.29, 1.82) is 21.2 Å². The van der Waals surface area contributed by atoms with Gasteiger partial charge in [-0.1, -0.05) is 48.3 Å². The Bertz CT molecular complexity index is 933. The monoisotopic (exact) mass is 397 g/mol. The number of likely N-dealkylation sites (N-methyl/N-ethyl adjacent to an activating group) is 1. The normalized spacial score (nSPS) is 26.9. The fourth-order valence-electron chi connectivity index (χ4n) is 4.23. The zero-order chi connectivity index (χ0) is 19.8. The van der Waals surface area contributed by atoms with Crippen molar-refractivity contribution in [3.05, 3.63) is 45.5 Å². The van der Waals surface area contributed by atoms with E-state index in [0.29, 0.717) is 23.7 Å². The largest absolute Gasteiger partial charge is 0.305 e. The van der Waals surface area contributed by atoms with Crippen LogP contribution in [0.3, 0.4) is 0 Å². The maximum absolute atomic E-state index is 10.00. The van der Waals surface area contributed by atoms with E-state index < -0.39 is 17.3 Å². The predicted octanol–water partition coefficient (Wildman–Crippen LogP) is 4.16. The van der Waals surface area contributed by atoms with E-state index in [9.17, 15) is 15.8 Å². The van der Waals surface area contributed by atoms with Gasteiger partial charge in [-0.2, -0.15) is 15.8 Å². The van der Waals surface area contributed by atoms with E-state index in [-0.39, 0.29) is 16.7 Å². The summed E-state index contributed by atoms with van der Waals surface area (Å²) in [5.41, 5.74) is -0.576. The Hall–Kier alpha value is -2.36. The molecule has 1 aromatic carbocycles. The molecule has 3 atom stereocenters. The lowest BCUT2D eigenvalue weighted by Gasteiger charge is -2.47. The summed E-state index contributed by atoms with van der Waals surface area (Å²) in [5, 5.41) is 38.9. The van der Waals surface area contributed by atoms with E-state index in [0.717, 1.165) is 12.1 Å². The van der Waals surface area contributed by atoms with Crippen LogP contribution in [0, 0.1) is 56.7 Å². The van der Waals surface area contributed by atoms with Gasteiger partial charge in [0.05, 0.1) is 34.0 Å². The first-order chi connectivity index (χ1) is 12.9. The van der Waals surface area contributed by atoms with Crippen LogP contribution in [-0.2, 0) is 0 Å². The smallest absolute Gasteiger partial charge is 0.189 e. The molecule has 27 heavy (non-hydrogen) atoms. The Labute approximate surface area is 168 Å². The molecule has 2 aliphatic rings. The summed E-state index contributed by atoms with van der Waals surface area (Å²) in [6.07, 6.45) is 1.96. The summed E-state index contributed by atoms with van der Waals surface area (Å²) < 4.78 is 0. The third kappa shape index (κ3) is 2.82. The standard InChI is InChI=1S/C20H17Cl2N5/c1-2-27-7-6-12-14(8-23)19(26)20(10-24,11-25)17(15(12)9-27)13-4-3-5-16(21)18(13)22/h3-6,14-15,17,26H,2,7,9H2,1H3/t14?,15-,17+/m1/s1. The van der Waals surface area contributed by atoms with Gasteiger partial charge in [-0.25, -0.2) is 0 Å². The van der Waals surface area contributed by atoms with Gasteiger partial charge in [0.15, 0.2) is 5.41 Å². The molecule has 0 aromatic heterocycles. The molecule has 7 heteroatoms. The van der Waals surface area contributed by atoms with Crippen molar-refractivity contribution in [3.63, 3.8) is 0 Å². The quantitative estimate of drug-likeness (QED) is 0.756. The summed E-state index contributed by atoms with van der Waals surface area (Å²) in [7, 11) is 0. The minimum Gasteiger partial charge on any atom is -0.305 e. The molecule has 0 radical (unpaired) electrons. The minimum absolute atomic E-state index is 0.177. The highest BCUT2D eigenvalue weighted by molar-refractivity contribution is 6.42. The topological polar surface area (TPSA) is 98.5 Å². The molecular weight excluding hydrogens is 381 g/mol. The second kappa shape index (κ2) is 7.34. The van der Waals surface area contributed by atoms with Gasteiger partial charge >= 0.3 is 0 Å². The fraction of sp³-hybridized carbons (Fsp3) is 0.400. The van der Waals surface area contributed by atoms with Crippen LogP contribution >= 0.6 is 23.2 Å². The molecule has 0 amide bonds. The Morgan fingerprint density at radius 3 is 2.56 bits per heavy atom. The zero-order valence-corrected chi connectivity index (χ0v) is 16.2. The third-order valence-electron chi connectivity index (χ3n) is 5.63. The van der Waals surface area contributed by atoms with Crippen LogP contribution in [0.5, 0.6) is 0 Å². The van der Waals surface area contributed by atoms with Crippen molar-refractivity contribution in [2.75, 3.05) is 19.6 Å². The molecule has 0 bridgehead atoms. The van der Waals surface area contributed by atoms with Crippen LogP contribution in [0.2, 0.25) is 10.0 Å². The lowest BCUT2D eigenvalue weighted by Crippen LogP contribution is -2.52. The Balaban J connectivity index is 2.31. The van der Waals surface area contributed by atoms with Gasteiger partial charge in [-0.3, -0.25) is 4.90 Å². The second-order valence-corrected chi connectivity index (χ2v) is 7.58. The molecule has 1 aliphatic carbocycles. The van der Waals surface area contributed by atoms with Gasteiger partial charge in [0.1, 0.15) is 5.92 Å². The zero-order valence-electron chi connectivity index (χ0n) is 14.7. The maximum Gasteiger partial charge on any atom is 0.189 e. The predicted molar refractivity (Wildman–Crippen MR) is 103 cm³/mol. The van der Waals surface area contributed by atoms with Gasteiger partial charge in [0.25, 0.3) is 0 Å². The van der Waals surface area contributed by atoms with E-state index in [1.807, 2.05) is 13.0 Å². The number of halogens is 2. The number of nitrogens with one attached hydrogen (secondary N) is 1. The van der Waals surface area contributed by atoms with E-state index in [4.69, 9.17) is 28.6 Å². The molecule has 1 heterocycles. The average molecular weight is 398 g/mol. The summed E-state index contributed by atoms with van der Waals surface area (Å²) in [6.45, 7) is 4.11. The highest BCUT2D eigenvalue weighted by Crippen LogP contribution is 2.55. The molecule has 1 aliphatic heterocycles. The van der Waals surface area contributed by atoms with Gasteiger partial charge in [-0.15, -0.1) is 0 Å². The Kier molecular flexibility index (Phi) is 5.27. The lowest BCUT2D eigenvalue weighted by atomic mass is 9.54. The lowest BCUT2D eigenvalue weighted by molar-refractivity contribution is 0.212. The number of fused-ring (bicyclic) bond motifs is 1. The first-order valence-electron chi connectivity index (χ1n) is 8.62. The van der Waals surface area contributed by atoms with Gasteiger partial charge in [0.2, 0.25) is 0 Å². The van der Waals surface area contributed by atoms with E-state index in [1.165, 1.54) is 0 Å². The maximum atomic E-state index is 10.00. The molecule has 3 rings (SSSR count). The number of hydrogen-bond acceptors (Lipinski definition) is 5. The van der Waals surface area contributed by atoms with Gasteiger partial charge in [0, 0.05) is 24.9 Å². The Morgan fingerprint density at radius 1 is 1.26 bits per heavy atom. The molecule has 1 unspecified atom stereocenters. The van der Waals surface area contributed by atoms with Crippen molar-refractivity contribution in [3.8, 4) is 18.2 Å². The fourth-order valence-corrected chi connectivity index (χ4v) is 4.66. The third-order valence-corrected chi connectivity index (χ3v) is 6.46. The second-order valence-electron chi connectivity index (χ2n) is 6.79. The number of rotatable bonds is 2. The van der Waals surface area contributed by atoms with Gasteiger partial charge < -0.3 is 5.41 Å². The summed E-state index contributed by atoms with van der Waals surface area (Å²) in [6, 6.07) is 11.4. The van der Waals surface area contributed by atoms with Crippen molar-refractivity contribution in [2.24, 2.45) is 17.3 Å². The Morgan fingerprint density at radius 2 is 1.96 bits per heavy atom. The molecule has 0 spiro atoms. The van der Waals surface area contributed by atoms with E-state index in [2.05, 4.69) is 23.1 Å². The first kappa shape index (κ1) is 19.4. The summed E-state index contributed by atoms with van der Waals surface area (Å²) in [5.74, 6) is -1.81. The van der Waals surface area contributed by atoms with Gasteiger partial charge in [-0.05, 0) is 23.7 Å². The summed E-state index contributed by atoms with van der Waals surface area (Å²) >= 11 is 12.7. The van der Waals surface area contributed by atoms with Crippen molar-refractivity contribution < 1.29 is 0 Å². The molecule has 1 N–H and O–H groups in total. The van der Waals surface area contributed by atoms with Crippen LogP contribution in [0.1, 0.15) is 18.4 Å². The number of nitriles is 3. The average Bonchev–Trinajstić information content (AvgIpc) is 2.69. The van der Waals surface area contributed by atoms with E-state index in [1.54, 1.807) is 18.2 Å². The molecule has 5 nitrogen and oxygen atoms in total. The van der Waals surface area contributed by atoms with Crippen LogP contribution in [0.25, 0.3) is 0 Å². The molecule has 1 fully saturated rings. The molecule has 136 valence electrons. The van der Waals surface area contributed by atoms with Crippen LogP contribution in [0.4, 0.5) is 0 Å². The van der Waals surface area contributed by atoms with Crippen molar-refractivity contribution in [2.45, 2.75) is 12.8 Å². The highest BCUT2D eigenvalue weighted by atomic mass is 35.5. The first-order valence-corrected chi connectivity index (χ1v) is 9.38. The van der Waals surface area contributed by atoms with E-state index >= 15 is 0 Å². The SMILES string of the molecule is CCN1CC=C2C(C#N)C(=N)C(C#N)(C#N)[C@@H](c3cccc(Cl)c3Cl)[C@@H]2C1. The van der Waals surface area contributed by atoms with Crippen LogP contribution in [0.15, 0.2) is 29.8 Å². The number of benzene rings is 1. The molecule has 1 saturated carbocycles. The van der Waals surface area contributed by atoms with Crippen LogP contribution in [-0.4, -0.2) is 30.2 Å². The van der Waals surface area contributed by atoms with Crippen molar-refractivity contribution in [1.82, 2.24) is 4.90 Å².